The van der Waals surface area contributed by atoms with Gasteiger partial charge in [-0.1, -0.05) is 26.7 Å². The molecule has 4 nitrogen and oxygen atoms in total. The average Bonchev–Trinajstić information content (AvgIpc) is 2.37. The molecule has 0 radical (unpaired) electrons. The van der Waals surface area contributed by atoms with Crippen LogP contribution in [0.15, 0.2) is 0 Å². The Morgan fingerprint density at radius 2 is 1.79 bits per heavy atom. The van der Waals surface area contributed by atoms with Crippen molar-refractivity contribution in [3.8, 4) is 0 Å². The highest BCUT2D eigenvalue weighted by Gasteiger charge is 2.42. The molecule has 1 aliphatic heterocycles. The maximum atomic E-state index is 12.7. The smallest absolute Gasteiger partial charge is 0.326 e. The van der Waals surface area contributed by atoms with Crippen LogP contribution < -0.4 is 0 Å². The van der Waals surface area contributed by atoms with Crippen molar-refractivity contribution in [3.63, 3.8) is 0 Å². The van der Waals surface area contributed by atoms with Crippen LogP contribution in [0.4, 0.5) is 0 Å². The zero-order valence-corrected chi connectivity index (χ0v) is 12.0. The standard InChI is InChI=1S/C15H25NO3/c1-15(2)9-5-3-7-11(15)13(17)16-10-6-4-8-12(16)14(18)19/h11-12H,3-10H2,1-2H3,(H,18,19)/t11?,12-/m0/s1. The van der Waals surface area contributed by atoms with Crippen LogP contribution in [0.2, 0.25) is 0 Å². The molecule has 0 spiro atoms. The summed E-state index contributed by atoms with van der Waals surface area (Å²) in [6.07, 6.45) is 6.69. The molecule has 2 aliphatic rings. The van der Waals surface area contributed by atoms with E-state index in [1.165, 1.54) is 6.42 Å². The van der Waals surface area contributed by atoms with Gasteiger partial charge in [-0.25, -0.2) is 4.79 Å². The first kappa shape index (κ1) is 14.4. The number of amides is 1. The second-order valence-electron chi connectivity index (χ2n) is 6.67. The summed E-state index contributed by atoms with van der Waals surface area (Å²) in [7, 11) is 0. The topological polar surface area (TPSA) is 57.6 Å². The van der Waals surface area contributed by atoms with Crippen molar-refractivity contribution in [1.82, 2.24) is 4.90 Å². The van der Waals surface area contributed by atoms with Gasteiger partial charge in [0.15, 0.2) is 0 Å². The predicted octanol–water partition coefficient (Wildman–Crippen LogP) is 2.67. The monoisotopic (exact) mass is 267 g/mol. The van der Waals surface area contributed by atoms with Crippen LogP contribution in [0.1, 0.15) is 58.8 Å². The Bertz CT molecular complexity index is 364. The Kier molecular flexibility index (Phi) is 4.16. The summed E-state index contributed by atoms with van der Waals surface area (Å²) in [6.45, 7) is 4.91. The van der Waals surface area contributed by atoms with Crippen LogP contribution in [0.3, 0.4) is 0 Å². The van der Waals surface area contributed by atoms with Crippen LogP contribution in [0.25, 0.3) is 0 Å². The number of likely N-dealkylation sites (tertiary alicyclic amines) is 1. The first-order chi connectivity index (χ1) is 8.93. The summed E-state index contributed by atoms with van der Waals surface area (Å²) < 4.78 is 0. The van der Waals surface area contributed by atoms with E-state index in [4.69, 9.17) is 0 Å². The van der Waals surface area contributed by atoms with Crippen LogP contribution in [-0.2, 0) is 9.59 Å². The molecule has 2 rings (SSSR count). The van der Waals surface area contributed by atoms with Gasteiger partial charge in [-0.05, 0) is 37.5 Å². The second-order valence-corrected chi connectivity index (χ2v) is 6.67. The first-order valence-corrected chi connectivity index (χ1v) is 7.47. The van der Waals surface area contributed by atoms with Gasteiger partial charge >= 0.3 is 5.97 Å². The van der Waals surface area contributed by atoms with E-state index in [-0.39, 0.29) is 17.2 Å². The largest absolute Gasteiger partial charge is 0.480 e. The van der Waals surface area contributed by atoms with Crippen molar-refractivity contribution in [2.75, 3.05) is 6.54 Å². The summed E-state index contributed by atoms with van der Waals surface area (Å²) in [4.78, 5) is 25.7. The van der Waals surface area contributed by atoms with E-state index in [1.54, 1.807) is 4.90 Å². The number of hydrogen-bond donors (Lipinski definition) is 1. The van der Waals surface area contributed by atoms with Crippen molar-refractivity contribution in [1.29, 1.82) is 0 Å². The Morgan fingerprint density at radius 3 is 2.42 bits per heavy atom. The fraction of sp³-hybridized carbons (Fsp3) is 0.867. The van der Waals surface area contributed by atoms with Gasteiger partial charge in [-0.15, -0.1) is 0 Å². The quantitative estimate of drug-likeness (QED) is 0.836. The normalized spacial score (nSPS) is 30.9. The van der Waals surface area contributed by atoms with Crippen LogP contribution >= 0.6 is 0 Å². The van der Waals surface area contributed by atoms with Crippen molar-refractivity contribution < 1.29 is 14.7 Å². The van der Waals surface area contributed by atoms with E-state index in [1.807, 2.05) is 0 Å². The number of carboxylic acids is 1. The van der Waals surface area contributed by atoms with Gasteiger partial charge in [-0.3, -0.25) is 4.79 Å². The number of piperidine rings is 1. The van der Waals surface area contributed by atoms with E-state index in [9.17, 15) is 14.7 Å². The molecule has 4 heteroatoms. The summed E-state index contributed by atoms with van der Waals surface area (Å²) >= 11 is 0. The van der Waals surface area contributed by atoms with Crippen molar-refractivity contribution >= 4 is 11.9 Å². The zero-order chi connectivity index (χ0) is 14.0. The fourth-order valence-electron chi connectivity index (χ4n) is 3.60. The molecule has 0 aromatic rings. The van der Waals surface area contributed by atoms with Crippen molar-refractivity contribution in [2.45, 2.75) is 64.8 Å². The van der Waals surface area contributed by atoms with Crippen molar-refractivity contribution in [2.24, 2.45) is 11.3 Å². The third-order valence-corrected chi connectivity index (χ3v) is 4.88. The van der Waals surface area contributed by atoms with E-state index >= 15 is 0 Å². The third-order valence-electron chi connectivity index (χ3n) is 4.88. The molecule has 2 fully saturated rings. The predicted molar refractivity (Wildman–Crippen MR) is 72.7 cm³/mol. The molecule has 1 unspecified atom stereocenters. The lowest BCUT2D eigenvalue weighted by molar-refractivity contribution is -0.156. The number of rotatable bonds is 2. The molecule has 2 atom stereocenters. The Morgan fingerprint density at radius 1 is 1.11 bits per heavy atom. The lowest BCUT2D eigenvalue weighted by Gasteiger charge is -2.42. The molecule has 1 saturated heterocycles. The molecule has 1 amide bonds. The van der Waals surface area contributed by atoms with Gasteiger partial charge in [0.25, 0.3) is 0 Å². The maximum Gasteiger partial charge on any atom is 0.326 e. The van der Waals surface area contributed by atoms with Gasteiger partial charge in [0.05, 0.1) is 0 Å². The Hall–Kier alpha value is -1.06. The highest BCUT2D eigenvalue weighted by molar-refractivity contribution is 5.85. The summed E-state index contributed by atoms with van der Waals surface area (Å²) in [6, 6.07) is -0.598. The molecule has 19 heavy (non-hydrogen) atoms. The maximum absolute atomic E-state index is 12.7. The van der Waals surface area contributed by atoms with Crippen LogP contribution in [0, 0.1) is 11.3 Å². The minimum absolute atomic E-state index is 0.00111. The van der Waals surface area contributed by atoms with E-state index < -0.39 is 12.0 Å². The fourth-order valence-corrected chi connectivity index (χ4v) is 3.60. The average molecular weight is 267 g/mol. The zero-order valence-electron chi connectivity index (χ0n) is 12.0. The van der Waals surface area contributed by atoms with E-state index in [0.717, 1.165) is 32.1 Å². The highest BCUT2D eigenvalue weighted by atomic mass is 16.4. The first-order valence-electron chi connectivity index (χ1n) is 7.47. The lowest BCUT2D eigenvalue weighted by Crippen LogP contribution is -2.52. The lowest BCUT2D eigenvalue weighted by atomic mass is 9.68. The summed E-state index contributed by atoms with van der Waals surface area (Å²) in [5.74, 6) is -0.764. The number of carboxylic acid groups (broad SMARTS) is 1. The molecule has 1 N–H and O–H groups in total. The molecular weight excluding hydrogens is 242 g/mol. The van der Waals surface area contributed by atoms with Crippen LogP contribution in [-0.4, -0.2) is 34.5 Å². The minimum atomic E-state index is -0.846. The molecule has 0 bridgehead atoms. The SMILES string of the molecule is CC1(C)CCCCC1C(=O)N1CCCC[C@H]1C(=O)O. The van der Waals surface area contributed by atoms with Gasteiger partial charge < -0.3 is 10.0 Å². The number of carbonyl (C=O) groups excluding carboxylic acids is 1. The molecule has 0 aromatic heterocycles. The molecule has 108 valence electrons. The van der Waals surface area contributed by atoms with Crippen molar-refractivity contribution in [3.05, 3.63) is 0 Å². The Balaban J connectivity index is 2.14. The van der Waals surface area contributed by atoms with Crippen LogP contribution in [0.5, 0.6) is 0 Å². The number of aliphatic carboxylic acids is 1. The molecular formula is C15H25NO3. The van der Waals surface area contributed by atoms with E-state index in [0.29, 0.717) is 13.0 Å². The summed E-state index contributed by atoms with van der Waals surface area (Å²) in [5.41, 5.74) is 0.00976. The van der Waals surface area contributed by atoms with Gasteiger partial charge in [-0.2, -0.15) is 0 Å². The number of hydrogen-bond acceptors (Lipinski definition) is 2. The highest BCUT2D eigenvalue weighted by Crippen LogP contribution is 2.42. The van der Waals surface area contributed by atoms with E-state index in [2.05, 4.69) is 13.8 Å². The number of nitrogens with zero attached hydrogens (tertiary/aromatic N) is 1. The van der Waals surface area contributed by atoms with Gasteiger partial charge in [0, 0.05) is 12.5 Å². The molecule has 0 aromatic carbocycles. The minimum Gasteiger partial charge on any atom is -0.480 e. The molecule has 1 saturated carbocycles. The third kappa shape index (κ3) is 2.93. The second kappa shape index (κ2) is 5.51. The number of carbonyl (C=O) groups is 2. The summed E-state index contributed by atoms with van der Waals surface area (Å²) in [5, 5.41) is 9.29. The van der Waals surface area contributed by atoms with Gasteiger partial charge in [0.2, 0.25) is 5.91 Å². The molecule has 1 heterocycles. The molecule has 1 aliphatic carbocycles. The Labute approximate surface area is 115 Å². The van der Waals surface area contributed by atoms with Gasteiger partial charge in [0.1, 0.15) is 6.04 Å².